The predicted molar refractivity (Wildman–Crippen MR) is 110 cm³/mol. The fraction of sp³-hybridized carbons (Fsp3) is 0.381. The molecule has 28 heavy (non-hydrogen) atoms. The molecule has 7 heteroatoms. The summed E-state index contributed by atoms with van der Waals surface area (Å²) in [6, 6.07) is 12.5. The molecule has 3 heterocycles. The maximum atomic E-state index is 12.5. The van der Waals surface area contributed by atoms with Crippen LogP contribution in [0.4, 0.5) is 5.69 Å². The van der Waals surface area contributed by atoms with Crippen LogP contribution in [0.1, 0.15) is 11.3 Å². The van der Waals surface area contributed by atoms with Crippen LogP contribution in [-0.2, 0) is 18.4 Å². The number of aromatic nitrogens is 3. The Labute approximate surface area is 165 Å². The maximum Gasteiger partial charge on any atom is 0.238 e. The van der Waals surface area contributed by atoms with Gasteiger partial charge in [-0.1, -0.05) is 30.3 Å². The Morgan fingerprint density at radius 1 is 1.11 bits per heavy atom. The molecule has 2 aromatic heterocycles. The summed E-state index contributed by atoms with van der Waals surface area (Å²) < 4.78 is 1.76. The van der Waals surface area contributed by atoms with Crippen LogP contribution < -0.4 is 5.32 Å². The molecule has 1 aliphatic rings. The Hall–Kier alpha value is -2.77. The minimum absolute atomic E-state index is 0.000738. The lowest BCUT2D eigenvalue weighted by atomic mass is 10.2. The highest BCUT2D eigenvalue weighted by atomic mass is 16.2. The van der Waals surface area contributed by atoms with Crippen LogP contribution in [-0.4, -0.2) is 63.2 Å². The standard InChI is InChI=1S/C21H26N6O/c1-16-19-12-18(13-22-21(19)25(2)24-16)23-20(28)15-27-10-8-26(9-11-27)14-17-6-4-3-5-7-17/h3-7,12-13H,8-11,14-15H2,1-2H3,(H,23,28). The molecule has 0 aliphatic carbocycles. The number of piperazine rings is 1. The Bertz CT molecular complexity index is 960. The van der Waals surface area contributed by atoms with Crippen LogP contribution in [0.3, 0.4) is 0 Å². The van der Waals surface area contributed by atoms with E-state index in [1.54, 1.807) is 10.9 Å². The van der Waals surface area contributed by atoms with Crippen LogP contribution in [0.5, 0.6) is 0 Å². The molecule has 0 radical (unpaired) electrons. The Kier molecular flexibility index (Phi) is 5.36. The number of nitrogens with zero attached hydrogens (tertiary/aromatic N) is 5. The zero-order valence-corrected chi connectivity index (χ0v) is 16.4. The molecule has 1 N–H and O–H groups in total. The van der Waals surface area contributed by atoms with E-state index in [9.17, 15) is 4.79 Å². The van der Waals surface area contributed by atoms with Gasteiger partial charge in [0.1, 0.15) is 0 Å². The average Bonchev–Trinajstić information content (AvgIpc) is 2.97. The number of pyridine rings is 1. The van der Waals surface area contributed by atoms with Crippen molar-refractivity contribution >= 4 is 22.6 Å². The van der Waals surface area contributed by atoms with E-state index in [1.807, 2.05) is 26.1 Å². The van der Waals surface area contributed by atoms with Gasteiger partial charge in [-0.2, -0.15) is 5.10 Å². The summed E-state index contributed by atoms with van der Waals surface area (Å²) in [7, 11) is 1.87. The van der Waals surface area contributed by atoms with E-state index in [-0.39, 0.29) is 5.91 Å². The van der Waals surface area contributed by atoms with Crippen molar-refractivity contribution in [2.75, 3.05) is 38.0 Å². The van der Waals surface area contributed by atoms with Crippen molar-refractivity contribution < 1.29 is 4.79 Å². The molecule has 7 nitrogen and oxygen atoms in total. The lowest BCUT2D eigenvalue weighted by Gasteiger charge is -2.34. The van der Waals surface area contributed by atoms with Crippen LogP contribution in [0.25, 0.3) is 11.0 Å². The Morgan fingerprint density at radius 2 is 1.82 bits per heavy atom. The van der Waals surface area contributed by atoms with Crippen molar-refractivity contribution in [1.29, 1.82) is 0 Å². The molecular weight excluding hydrogens is 352 g/mol. The third kappa shape index (κ3) is 4.21. The predicted octanol–water partition coefficient (Wildman–Crippen LogP) is 2.03. The molecule has 4 rings (SSSR count). The van der Waals surface area contributed by atoms with Gasteiger partial charge in [0.05, 0.1) is 24.1 Å². The summed E-state index contributed by atoms with van der Waals surface area (Å²) >= 11 is 0. The van der Waals surface area contributed by atoms with E-state index in [2.05, 4.69) is 49.5 Å². The quantitative estimate of drug-likeness (QED) is 0.736. The molecular formula is C21H26N6O. The molecule has 1 aromatic carbocycles. The van der Waals surface area contributed by atoms with Gasteiger partial charge in [-0.05, 0) is 18.6 Å². The largest absolute Gasteiger partial charge is 0.324 e. The van der Waals surface area contributed by atoms with Crippen molar-refractivity contribution in [1.82, 2.24) is 24.6 Å². The fourth-order valence-electron chi connectivity index (χ4n) is 3.73. The number of carbonyl (C=O) groups is 1. The summed E-state index contributed by atoms with van der Waals surface area (Å²) in [5.74, 6) is -0.000738. The van der Waals surface area contributed by atoms with Crippen molar-refractivity contribution in [2.45, 2.75) is 13.5 Å². The molecule has 0 atom stereocenters. The highest BCUT2D eigenvalue weighted by molar-refractivity contribution is 5.94. The van der Waals surface area contributed by atoms with Crippen LogP contribution >= 0.6 is 0 Å². The first kappa shape index (κ1) is 18.6. The minimum Gasteiger partial charge on any atom is -0.324 e. The van der Waals surface area contributed by atoms with E-state index in [4.69, 9.17) is 0 Å². The van der Waals surface area contributed by atoms with Crippen molar-refractivity contribution in [2.24, 2.45) is 7.05 Å². The molecule has 1 aliphatic heterocycles. The van der Waals surface area contributed by atoms with E-state index in [1.165, 1.54) is 5.56 Å². The first-order valence-corrected chi connectivity index (χ1v) is 9.66. The van der Waals surface area contributed by atoms with E-state index in [0.717, 1.165) is 55.1 Å². The van der Waals surface area contributed by atoms with Gasteiger partial charge in [0, 0.05) is 45.2 Å². The van der Waals surface area contributed by atoms with Gasteiger partial charge >= 0.3 is 0 Å². The molecule has 3 aromatic rings. The smallest absolute Gasteiger partial charge is 0.238 e. The van der Waals surface area contributed by atoms with Gasteiger partial charge in [0.25, 0.3) is 0 Å². The summed E-state index contributed by atoms with van der Waals surface area (Å²) in [6.45, 7) is 7.08. The second-order valence-corrected chi connectivity index (χ2v) is 7.39. The number of benzene rings is 1. The molecule has 1 saturated heterocycles. The SMILES string of the molecule is Cc1nn(C)c2ncc(NC(=O)CN3CCN(Cc4ccccc4)CC3)cc12. The number of amides is 1. The van der Waals surface area contributed by atoms with Crippen LogP contribution in [0, 0.1) is 6.92 Å². The second kappa shape index (κ2) is 8.08. The summed E-state index contributed by atoms with van der Waals surface area (Å²) in [5, 5.41) is 8.31. The van der Waals surface area contributed by atoms with Gasteiger partial charge in [0.15, 0.2) is 5.65 Å². The fourth-order valence-corrected chi connectivity index (χ4v) is 3.73. The Balaban J connectivity index is 1.28. The number of rotatable bonds is 5. The zero-order chi connectivity index (χ0) is 19.5. The molecule has 0 unspecified atom stereocenters. The molecule has 146 valence electrons. The van der Waals surface area contributed by atoms with Gasteiger partial charge < -0.3 is 5.32 Å². The zero-order valence-electron chi connectivity index (χ0n) is 16.4. The topological polar surface area (TPSA) is 66.3 Å². The molecule has 1 amide bonds. The highest BCUT2D eigenvalue weighted by Crippen LogP contribution is 2.19. The normalized spacial score (nSPS) is 15.8. The molecule has 0 bridgehead atoms. The number of hydrogen-bond donors (Lipinski definition) is 1. The van der Waals surface area contributed by atoms with Crippen molar-refractivity contribution in [3.05, 3.63) is 53.9 Å². The van der Waals surface area contributed by atoms with Gasteiger partial charge in [-0.25, -0.2) is 4.98 Å². The maximum absolute atomic E-state index is 12.5. The van der Waals surface area contributed by atoms with Gasteiger partial charge in [-0.3, -0.25) is 19.3 Å². The Morgan fingerprint density at radius 3 is 2.57 bits per heavy atom. The number of anilines is 1. The minimum atomic E-state index is -0.000738. The van der Waals surface area contributed by atoms with Crippen LogP contribution in [0.15, 0.2) is 42.6 Å². The van der Waals surface area contributed by atoms with Crippen molar-refractivity contribution in [3.63, 3.8) is 0 Å². The lowest BCUT2D eigenvalue weighted by Crippen LogP contribution is -2.48. The van der Waals surface area contributed by atoms with Crippen molar-refractivity contribution in [3.8, 4) is 0 Å². The first-order valence-electron chi connectivity index (χ1n) is 9.66. The second-order valence-electron chi connectivity index (χ2n) is 7.39. The molecule has 0 spiro atoms. The number of carbonyl (C=O) groups excluding carboxylic acids is 1. The monoisotopic (exact) mass is 378 g/mol. The van der Waals surface area contributed by atoms with Gasteiger partial charge in [0.2, 0.25) is 5.91 Å². The first-order chi connectivity index (χ1) is 13.6. The van der Waals surface area contributed by atoms with E-state index in [0.29, 0.717) is 6.54 Å². The van der Waals surface area contributed by atoms with E-state index >= 15 is 0 Å². The number of nitrogens with one attached hydrogen (secondary N) is 1. The number of hydrogen-bond acceptors (Lipinski definition) is 5. The number of fused-ring (bicyclic) bond motifs is 1. The molecule has 1 fully saturated rings. The average molecular weight is 378 g/mol. The number of aryl methyl sites for hydroxylation is 2. The highest BCUT2D eigenvalue weighted by Gasteiger charge is 2.19. The van der Waals surface area contributed by atoms with Crippen LogP contribution in [0.2, 0.25) is 0 Å². The lowest BCUT2D eigenvalue weighted by molar-refractivity contribution is -0.117. The summed E-state index contributed by atoms with van der Waals surface area (Å²) in [6.07, 6.45) is 1.69. The van der Waals surface area contributed by atoms with Gasteiger partial charge in [-0.15, -0.1) is 0 Å². The summed E-state index contributed by atoms with van der Waals surface area (Å²) in [5.41, 5.74) is 3.79. The summed E-state index contributed by atoms with van der Waals surface area (Å²) in [4.78, 5) is 21.5. The third-order valence-corrected chi connectivity index (χ3v) is 5.23. The van der Waals surface area contributed by atoms with E-state index < -0.39 is 0 Å². The molecule has 0 saturated carbocycles. The third-order valence-electron chi connectivity index (χ3n) is 5.23.